The highest BCUT2D eigenvalue weighted by Gasteiger charge is 2.60. The summed E-state index contributed by atoms with van der Waals surface area (Å²) in [5.41, 5.74) is 0.815. The molecule has 4 unspecified atom stereocenters. The molecule has 0 N–H and O–H groups in total. The molecule has 1 fully saturated rings. The van der Waals surface area contributed by atoms with E-state index in [9.17, 15) is 9.59 Å². The highest BCUT2D eigenvalue weighted by atomic mass is 16.6. The van der Waals surface area contributed by atoms with Crippen molar-refractivity contribution in [2.24, 2.45) is 17.3 Å². The minimum atomic E-state index is -0.435. The fourth-order valence-electron chi connectivity index (χ4n) is 3.92. The molecule has 1 heterocycles. The van der Waals surface area contributed by atoms with Crippen LogP contribution in [0.3, 0.4) is 0 Å². The zero-order chi connectivity index (χ0) is 13.8. The SMILES string of the molecule is COC1=CC(=O)C2CC=C(C)C3CC(=O)OC1C23C. The third-order valence-corrected chi connectivity index (χ3v) is 5.03. The maximum Gasteiger partial charge on any atom is 0.307 e. The Bertz CT molecular complexity index is 516. The fraction of sp³-hybridized carbons (Fsp3) is 0.600. The number of ketones is 1. The van der Waals surface area contributed by atoms with Gasteiger partial charge in [0.25, 0.3) is 0 Å². The number of carbonyl (C=O) groups is 2. The van der Waals surface area contributed by atoms with Gasteiger partial charge in [-0.25, -0.2) is 0 Å². The second-order valence-corrected chi connectivity index (χ2v) is 5.88. The normalized spacial score (nSPS) is 40.9. The summed E-state index contributed by atoms with van der Waals surface area (Å²) in [6, 6.07) is 0. The van der Waals surface area contributed by atoms with Crippen molar-refractivity contribution in [2.75, 3.05) is 7.11 Å². The Balaban J connectivity index is 2.16. The van der Waals surface area contributed by atoms with Crippen LogP contribution in [-0.4, -0.2) is 25.0 Å². The van der Waals surface area contributed by atoms with Crippen molar-refractivity contribution < 1.29 is 19.1 Å². The third-order valence-electron chi connectivity index (χ3n) is 5.03. The Hall–Kier alpha value is -1.58. The second-order valence-electron chi connectivity index (χ2n) is 5.88. The van der Waals surface area contributed by atoms with Crippen LogP contribution < -0.4 is 0 Å². The molecule has 19 heavy (non-hydrogen) atoms. The maximum absolute atomic E-state index is 12.3. The Labute approximate surface area is 112 Å². The molecule has 3 aliphatic rings. The molecule has 2 aliphatic carbocycles. The molecule has 4 atom stereocenters. The topological polar surface area (TPSA) is 52.6 Å². The first kappa shape index (κ1) is 12.5. The lowest BCUT2D eigenvalue weighted by Gasteiger charge is -2.54. The molecular weight excluding hydrogens is 244 g/mol. The molecule has 0 aromatic heterocycles. The van der Waals surface area contributed by atoms with Gasteiger partial charge in [0.05, 0.1) is 13.5 Å². The summed E-state index contributed by atoms with van der Waals surface area (Å²) in [6.07, 6.45) is 4.24. The molecule has 0 amide bonds. The minimum absolute atomic E-state index is 0.0697. The van der Waals surface area contributed by atoms with Gasteiger partial charge in [-0.1, -0.05) is 18.6 Å². The minimum Gasteiger partial charge on any atom is -0.497 e. The lowest BCUT2D eigenvalue weighted by molar-refractivity contribution is -0.182. The van der Waals surface area contributed by atoms with E-state index in [4.69, 9.17) is 9.47 Å². The largest absolute Gasteiger partial charge is 0.497 e. The van der Waals surface area contributed by atoms with Crippen LogP contribution in [0.15, 0.2) is 23.5 Å². The van der Waals surface area contributed by atoms with E-state index in [1.807, 2.05) is 6.92 Å². The molecule has 4 nitrogen and oxygen atoms in total. The molecule has 0 saturated carbocycles. The van der Waals surface area contributed by atoms with Gasteiger partial charge >= 0.3 is 5.97 Å². The number of esters is 1. The number of carbonyl (C=O) groups excluding carboxylic acids is 2. The summed E-state index contributed by atoms with van der Waals surface area (Å²) in [5.74, 6) is 0.315. The van der Waals surface area contributed by atoms with Gasteiger partial charge in [0.1, 0.15) is 5.76 Å². The van der Waals surface area contributed by atoms with Crippen LogP contribution in [0.2, 0.25) is 0 Å². The van der Waals surface area contributed by atoms with Crippen molar-refractivity contribution in [3.63, 3.8) is 0 Å². The van der Waals surface area contributed by atoms with Gasteiger partial charge in [-0.15, -0.1) is 0 Å². The molecule has 3 rings (SSSR count). The summed E-state index contributed by atoms with van der Waals surface area (Å²) in [7, 11) is 1.52. The Morgan fingerprint density at radius 2 is 2.11 bits per heavy atom. The van der Waals surface area contributed by atoms with Gasteiger partial charge in [-0.3, -0.25) is 9.59 Å². The summed E-state index contributed by atoms with van der Waals surface area (Å²) >= 11 is 0. The number of rotatable bonds is 1. The molecule has 0 aromatic carbocycles. The van der Waals surface area contributed by atoms with E-state index < -0.39 is 6.10 Å². The van der Waals surface area contributed by atoms with Crippen molar-refractivity contribution in [2.45, 2.75) is 32.8 Å². The van der Waals surface area contributed by atoms with Crippen LogP contribution in [0.1, 0.15) is 26.7 Å². The molecule has 0 spiro atoms. The van der Waals surface area contributed by atoms with Crippen LogP contribution in [0.5, 0.6) is 0 Å². The molecule has 0 bridgehead atoms. The van der Waals surface area contributed by atoms with Crippen molar-refractivity contribution in [3.05, 3.63) is 23.5 Å². The molecule has 102 valence electrons. The van der Waals surface area contributed by atoms with E-state index in [0.717, 1.165) is 6.42 Å². The predicted octanol–water partition coefficient (Wildman–Crippen LogP) is 2.00. The standard InChI is InChI=1S/C15H18O4/c1-8-4-5-9-11(16)7-12(18-3)14-15(9,2)10(8)6-13(17)19-14/h4,7,9-10,14H,5-6H2,1-3H3. The Kier molecular flexibility index (Phi) is 2.59. The highest BCUT2D eigenvalue weighted by molar-refractivity contribution is 5.95. The van der Waals surface area contributed by atoms with Gasteiger partial charge in [0.2, 0.25) is 0 Å². The fourth-order valence-corrected chi connectivity index (χ4v) is 3.92. The molecule has 4 heteroatoms. The van der Waals surface area contributed by atoms with Gasteiger partial charge in [-0.05, 0) is 13.3 Å². The first-order valence-electron chi connectivity index (χ1n) is 6.64. The van der Waals surface area contributed by atoms with Crippen LogP contribution in [0.25, 0.3) is 0 Å². The molecule has 0 aromatic rings. The molecule has 1 saturated heterocycles. The molecule has 0 radical (unpaired) electrons. The van der Waals surface area contributed by atoms with Crippen molar-refractivity contribution in [1.82, 2.24) is 0 Å². The monoisotopic (exact) mass is 262 g/mol. The predicted molar refractivity (Wildman–Crippen MR) is 68.1 cm³/mol. The van der Waals surface area contributed by atoms with Crippen molar-refractivity contribution in [3.8, 4) is 0 Å². The second kappa shape index (κ2) is 3.95. The molecular formula is C15H18O4. The van der Waals surface area contributed by atoms with E-state index in [2.05, 4.69) is 13.0 Å². The smallest absolute Gasteiger partial charge is 0.307 e. The maximum atomic E-state index is 12.3. The molecule has 1 aliphatic heterocycles. The van der Waals surface area contributed by atoms with Gasteiger partial charge in [-0.2, -0.15) is 0 Å². The summed E-state index contributed by atoms with van der Waals surface area (Å²) in [5, 5.41) is 0. The average Bonchev–Trinajstić information content (AvgIpc) is 2.36. The zero-order valence-electron chi connectivity index (χ0n) is 11.4. The van der Waals surface area contributed by atoms with Crippen LogP contribution in [0.4, 0.5) is 0 Å². The zero-order valence-corrected chi connectivity index (χ0v) is 11.4. The van der Waals surface area contributed by atoms with E-state index >= 15 is 0 Å². The van der Waals surface area contributed by atoms with E-state index in [0.29, 0.717) is 12.2 Å². The third kappa shape index (κ3) is 1.52. The van der Waals surface area contributed by atoms with Crippen LogP contribution in [-0.2, 0) is 19.1 Å². The number of methoxy groups -OCH3 is 1. The Morgan fingerprint density at radius 3 is 2.79 bits per heavy atom. The summed E-state index contributed by atoms with van der Waals surface area (Å²) in [4.78, 5) is 24.1. The van der Waals surface area contributed by atoms with E-state index in [1.54, 1.807) is 0 Å². The number of hydrogen-bond donors (Lipinski definition) is 0. The average molecular weight is 262 g/mol. The van der Waals surface area contributed by atoms with Gasteiger partial charge in [0, 0.05) is 23.3 Å². The van der Waals surface area contributed by atoms with Crippen LogP contribution in [0, 0.1) is 17.3 Å². The van der Waals surface area contributed by atoms with Gasteiger partial charge in [0.15, 0.2) is 11.9 Å². The summed E-state index contributed by atoms with van der Waals surface area (Å²) in [6.45, 7) is 4.09. The van der Waals surface area contributed by atoms with Crippen LogP contribution >= 0.6 is 0 Å². The van der Waals surface area contributed by atoms with Crippen molar-refractivity contribution >= 4 is 11.8 Å². The summed E-state index contributed by atoms with van der Waals surface area (Å²) < 4.78 is 10.8. The highest BCUT2D eigenvalue weighted by Crippen LogP contribution is 2.56. The number of hydrogen-bond acceptors (Lipinski definition) is 4. The number of ether oxygens (including phenoxy) is 2. The first-order chi connectivity index (χ1) is 8.98. The first-order valence-corrected chi connectivity index (χ1v) is 6.64. The van der Waals surface area contributed by atoms with Crippen molar-refractivity contribution in [1.29, 1.82) is 0 Å². The Morgan fingerprint density at radius 1 is 1.37 bits per heavy atom. The number of allylic oxidation sites excluding steroid dienone is 3. The lowest BCUT2D eigenvalue weighted by atomic mass is 9.53. The van der Waals surface area contributed by atoms with Gasteiger partial charge < -0.3 is 9.47 Å². The lowest BCUT2D eigenvalue weighted by Crippen LogP contribution is -2.58. The van der Waals surface area contributed by atoms with E-state index in [1.165, 1.54) is 18.8 Å². The quantitative estimate of drug-likeness (QED) is 0.536. The van der Waals surface area contributed by atoms with E-state index in [-0.39, 0.29) is 29.0 Å².